The van der Waals surface area contributed by atoms with Crippen molar-refractivity contribution in [1.29, 1.82) is 0 Å². The van der Waals surface area contributed by atoms with Crippen molar-refractivity contribution in [3.8, 4) is 0 Å². The number of fused-ring (bicyclic) bond motifs is 1. The van der Waals surface area contributed by atoms with E-state index in [1.165, 1.54) is 0 Å². The molecule has 1 saturated heterocycles. The second-order valence-corrected chi connectivity index (χ2v) is 11.9. The van der Waals surface area contributed by atoms with Crippen molar-refractivity contribution < 1.29 is 8.42 Å². The summed E-state index contributed by atoms with van der Waals surface area (Å²) in [7, 11) is -3.01. The Hall–Kier alpha value is -3.50. The van der Waals surface area contributed by atoms with Gasteiger partial charge in [0, 0.05) is 27.8 Å². The van der Waals surface area contributed by atoms with Crippen molar-refractivity contribution in [2.75, 3.05) is 22.1 Å². The molecule has 184 valence electrons. The van der Waals surface area contributed by atoms with Crippen molar-refractivity contribution in [2.45, 2.75) is 35.3 Å². The van der Waals surface area contributed by atoms with Gasteiger partial charge in [-0.05, 0) is 41.8 Å². The topological polar surface area (TPSA) is 113 Å². The van der Waals surface area contributed by atoms with Gasteiger partial charge in [0.15, 0.2) is 9.84 Å². The molecule has 1 atom stereocenters. The van der Waals surface area contributed by atoms with E-state index in [0.29, 0.717) is 24.7 Å². The zero-order valence-electron chi connectivity index (χ0n) is 19.4. The zero-order valence-corrected chi connectivity index (χ0v) is 21.1. The Kier molecular flexibility index (Phi) is 7.15. The molecule has 1 aliphatic rings. The van der Waals surface area contributed by atoms with Crippen molar-refractivity contribution in [2.24, 2.45) is 5.18 Å². The van der Waals surface area contributed by atoms with Gasteiger partial charge in [-0.3, -0.25) is 0 Å². The quantitative estimate of drug-likeness (QED) is 0.288. The van der Waals surface area contributed by atoms with E-state index in [0.717, 1.165) is 31.8 Å². The fourth-order valence-electron chi connectivity index (χ4n) is 4.21. The lowest BCUT2D eigenvalue weighted by atomic mass is 10.2. The van der Waals surface area contributed by atoms with Crippen LogP contribution in [0.25, 0.3) is 10.9 Å². The second kappa shape index (κ2) is 10.6. The number of nitrogens with zero attached hydrogens (tertiary/aromatic N) is 3. The second-order valence-electron chi connectivity index (χ2n) is 8.62. The van der Waals surface area contributed by atoms with E-state index >= 15 is 0 Å². The standard InChI is InChI=1S/C26H25N5O3S2/c32-28-16-19-8-2-6-12-24(19)35-23-11-5-1-7-18(23)15-27-26-30-22-10-4-3-9-21(22)25(31-26)29-20-13-14-36(33,34)17-20/h1-12,20H,13-17H2,(H2,27,29,30,31). The summed E-state index contributed by atoms with van der Waals surface area (Å²) in [6.07, 6.45) is 0.565. The Morgan fingerprint density at radius 1 is 0.917 bits per heavy atom. The van der Waals surface area contributed by atoms with Gasteiger partial charge in [-0.2, -0.15) is 9.89 Å². The molecule has 1 fully saturated rings. The predicted octanol–water partition coefficient (Wildman–Crippen LogP) is 5.26. The van der Waals surface area contributed by atoms with Gasteiger partial charge in [-0.15, -0.1) is 0 Å². The van der Waals surface area contributed by atoms with Crippen LogP contribution in [0.4, 0.5) is 11.8 Å². The molecule has 0 aliphatic carbocycles. The molecule has 0 bridgehead atoms. The normalized spacial score (nSPS) is 16.6. The summed E-state index contributed by atoms with van der Waals surface area (Å²) in [5.41, 5.74) is 2.73. The van der Waals surface area contributed by atoms with E-state index in [2.05, 4.69) is 20.8 Å². The van der Waals surface area contributed by atoms with Crippen LogP contribution in [0.3, 0.4) is 0 Å². The molecule has 2 N–H and O–H groups in total. The van der Waals surface area contributed by atoms with Gasteiger partial charge in [-0.25, -0.2) is 13.4 Å². The number of aromatic nitrogens is 2. The predicted molar refractivity (Wildman–Crippen MR) is 144 cm³/mol. The van der Waals surface area contributed by atoms with Crippen molar-refractivity contribution in [3.63, 3.8) is 0 Å². The highest BCUT2D eigenvalue weighted by Gasteiger charge is 2.28. The van der Waals surface area contributed by atoms with Gasteiger partial charge in [0.25, 0.3) is 0 Å². The minimum Gasteiger partial charge on any atom is -0.366 e. The number of hydrogen-bond acceptors (Lipinski definition) is 9. The highest BCUT2D eigenvalue weighted by Crippen LogP contribution is 2.33. The molecule has 1 unspecified atom stereocenters. The fourth-order valence-corrected chi connectivity index (χ4v) is 6.95. The highest BCUT2D eigenvalue weighted by molar-refractivity contribution is 7.99. The summed E-state index contributed by atoms with van der Waals surface area (Å²) in [4.78, 5) is 22.3. The molecule has 2 heterocycles. The summed E-state index contributed by atoms with van der Waals surface area (Å²) in [6.45, 7) is 0.624. The monoisotopic (exact) mass is 519 g/mol. The maximum Gasteiger partial charge on any atom is 0.225 e. The summed E-state index contributed by atoms with van der Waals surface area (Å²) < 4.78 is 23.9. The van der Waals surface area contributed by atoms with Gasteiger partial charge >= 0.3 is 0 Å². The number of para-hydroxylation sites is 1. The molecule has 4 aromatic rings. The average molecular weight is 520 g/mol. The van der Waals surface area contributed by atoms with Crippen molar-refractivity contribution in [3.05, 3.63) is 88.8 Å². The number of nitrogens with one attached hydrogen (secondary N) is 2. The van der Waals surface area contributed by atoms with Crippen LogP contribution in [0.15, 0.2) is 87.8 Å². The van der Waals surface area contributed by atoms with Crippen LogP contribution in [0.5, 0.6) is 0 Å². The van der Waals surface area contributed by atoms with Crippen LogP contribution in [0, 0.1) is 4.91 Å². The molecule has 36 heavy (non-hydrogen) atoms. The van der Waals surface area contributed by atoms with E-state index in [-0.39, 0.29) is 24.1 Å². The van der Waals surface area contributed by atoms with Crippen molar-refractivity contribution in [1.82, 2.24) is 9.97 Å². The van der Waals surface area contributed by atoms with E-state index in [1.807, 2.05) is 72.8 Å². The smallest absolute Gasteiger partial charge is 0.225 e. The minimum atomic E-state index is -3.01. The van der Waals surface area contributed by atoms with Crippen LogP contribution in [0.1, 0.15) is 17.5 Å². The maximum atomic E-state index is 11.9. The molecule has 0 spiro atoms. The third-order valence-electron chi connectivity index (χ3n) is 6.01. The third-order valence-corrected chi connectivity index (χ3v) is 9.02. The van der Waals surface area contributed by atoms with E-state index in [4.69, 9.17) is 4.98 Å². The zero-order chi connectivity index (χ0) is 25.0. The third kappa shape index (κ3) is 5.66. The van der Waals surface area contributed by atoms with Crippen LogP contribution < -0.4 is 10.6 Å². The van der Waals surface area contributed by atoms with Crippen LogP contribution >= 0.6 is 11.8 Å². The lowest BCUT2D eigenvalue weighted by Crippen LogP contribution is -2.22. The molecule has 0 saturated carbocycles. The molecule has 1 aromatic heterocycles. The number of benzene rings is 3. The minimum absolute atomic E-state index is 0.111. The first-order valence-corrected chi connectivity index (χ1v) is 14.2. The van der Waals surface area contributed by atoms with Gasteiger partial charge in [-0.1, -0.05) is 65.5 Å². The molecule has 0 amide bonds. The lowest BCUT2D eigenvalue weighted by molar-refractivity contribution is 0.602. The molecule has 8 nitrogen and oxygen atoms in total. The molecule has 5 rings (SSSR count). The summed E-state index contributed by atoms with van der Waals surface area (Å²) in [5, 5.41) is 10.6. The van der Waals surface area contributed by atoms with E-state index < -0.39 is 9.84 Å². The fraction of sp³-hybridized carbons (Fsp3) is 0.231. The first kappa shape index (κ1) is 24.2. The SMILES string of the molecule is O=NCc1ccccc1Sc1ccccc1CNc1nc(NC2CCS(=O)(=O)C2)c2ccccc2n1. The Labute approximate surface area is 213 Å². The number of nitroso groups, excluding NO2 is 1. The first-order chi connectivity index (χ1) is 17.5. The van der Waals surface area contributed by atoms with Gasteiger partial charge in [0.1, 0.15) is 12.4 Å². The lowest BCUT2D eigenvalue weighted by Gasteiger charge is -2.16. The van der Waals surface area contributed by atoms with Crippen molar-refractivity contribution >= 4 is 44.3 Å². The summed E-state index contributed by atoms with van der Waals surface area (Å²) >= 11 is 1.59. The van der Waals surface area contributed by atoms with Crippen LogP contribution in [-0.2, 0) is 22.9 Å². The number of anilines is 2. The number of rotatable bonds is 9. The van der Waals surface area contributed by atoms with Crippen LogP contribution in [-0.4, -0.2) is 35.9 Å². The number of sulfone groups is 1. The van der Waals surface area contributed by atoms with Gasteiger partial charge in [0.05, 0.1) is 17.0 Å². The molecular weight excluding hydrogens is 494 g/mol. The Morgan fingerprint density at radius 2 is 1.61 bits per heavy atom. The summed E-state index contributed by atoms with van der Waals surface area (Å²) in [5.74, 6) is 1.39. The number of hydrogen-bond donors (Lipinski definition) is 2. The molecule has 1 aliphatic heterocycles. The highest BCUT2D eigenvalue weighted by atomic mass is 32.2. The Bertz CT molecular complexity index is 1510. The molecular formula is C26H25N5O3S2. The molecule has 10 heteroatoms. The van der Waals surface area contributed by atoms with Crippen LogP contribution in [0.2, 0.25) is 0 Å². The first-order valence-electron chi connectivity index (χ1n) is 11.6. The Balaban J connectivity index is 1.38. The van der Waals surface area contributed by atoms with E-state index in [9.17, 15) is 13.3 Å². The maximum absolute atomic E-state index is 11.9. The largest absolute Gasteiger partial charge is 0.366 e. The molecule has 3 aromatic carbocycles. The van der Waals surface area contributed by atoms with E-state index in [1.54, 1.807) is 11.8 Å². The average Bonchev–Trinajstić information content (AvgIpc) is 3.22. The van der Waals surface area contributed by atoms with Gasteiger partial charge < -0.3 is 10.6 Å². The summed E-state index contributed by atoms with van der Waals surface area (Å²) in [6, 6.07) is 23.3. The Morgan fingerprint density at radius 3 is 2.36 bits per heavy atom. The molecule has 0 radical (unpaired) electrons. The van der Waals surface area contributed by atoms with Gasteiger partial charge in [0.2, 0.25) is 5.95 Å².